The molecule has 6 nitrogen and oxygen atoms in total. The fourth-order valence-corrected chi connectivity index (χ4v) is 4.74. The van der Waals surface area contributed by atoms with Crippen LogP contribution in [0.2, 0.25) is 0 Å². The molecule has 1 unspecified atom stereocenters. The number of hydrogen-bond donors (Lipinski definition) is 1. The van der Waals surface area contributed by atoms with E-state index in [2.05, 4.69) is 34.7 Å². The van der Waals surface area contributed by atoms with Crippen LogP contribution in [0.4, 0.5) is 0 Å². The number of rotatable bonds is 7. The van der Waals surface area contributed by atoms with Gasteiger partial charge in [0.1, 0.15) is 0 Å². The molecule has 1 aromatic heterocycles. The summed E-state index contributed by atoms with van der Waals surface area (Å²) < 4.78 is 7.05. The largest absolute Gasteiger partial charge is 0.383 e. The van der Waals surface area contributed by atoms with Crippen molar-refractivity contribution in [1.82, 2.24) is 20.0 Å². The second kappa shape index (κ2) is 8.45. The van der Waals surface area contributed by atoms with Crippen LogP contribution < -0.4 is 5.32 Å². The van der Waals surface area contributed by atoms with E-state index < -0.39 is 0 Å². The van der Waals surface area contributed by atoms with E-state index in [1.807, 2.05) is 29.0 Å². The van der Waals surface area contributed by atoms with Gasteiger partial charge in [0.15, 0.2) is 0 Å². The standard InChI is InChI=1S/C22H30N4O2/c1-25-15-19(14-24-25)22-18(12-21(27)26(22)9-10-28-2)13-23-20-8-7-16-5-3-4-6-17(16)11-20/h3-6,14-15,18,20,22-23H,7-13H2,1-2H3/t18-,20?,22+/m0/s1. The number of nitrogens with zero attached hydrogens (tertiary/aromatic N) is 3. The Labute approximate surface area is 166 Å². The van der Waals surface area contributed by atoms with E-state index in [-0.39, 0.29) is 17.9 Å². The van der Waals surface area contributed by atoms with Gasteiger partial charge in [-0.1, -0.05) is 24.3 Å². The number of nitrogens with one attached hydrogen (secondary N) is 1. The Bertz CT molecular complexity index is 818. The molecule has 2 aromatic rings. The van der Waals surface area contributed by atoms with E-state index in [4.69, 9.17) is 4.74 Å². The molecule has 1 N–H and O–H groups in total. The fraction of sp³-hybridized carbons (Fsp3) is 0.545. The topological polar surface area (TPSA) is 59.4 Å². The smallest absolute Gasteiger partial charge is 0.223 e. The van der Waals surface area contributed by atoms with Crippen LogP contribution in [0.15, 0.2) is 36.7 Å². The van der Waals surface area contributed by atoms with Crippen LogP contribution in [0.5, 0.6) is 0 Å². The van der Waals surface area contributed by atoms with Gasteiger partial charge in [0, 0.05) is 57.4 Å². The molecule has 4 rings (SSSR count). The molecule has 3 atom stereocenters. The van der Waals surface area contributed by atoms with Crippen molar-refractivity contribution in [2.75, 3.05) is 26.8 Å². The summed E-state index contributed by atoms with van der Waals surface area (Å²) in [6, 6.07) is 9.29. The van der Waals surface area contributed by atoms with Gasteiger partial charge in [-0.2, -0.15) is 5.10 Å². The third kappa shape index (κ3) is 3.98. The average Bonchev–Trinajstić information content (AvgIpc) is 3.27. The summed E-state index contributed by atoms with van der Waals surface area (Å²) in [5.41, 5.74) is 4.06. The lowest BCUT2D eigenvalue weighted by molar-refractivity contribution is -0.129. The van der Waals surface area contributed by atoms with Gasteiger partial charge >= 0.3 is 0 Å². The number of likely N-dealkylation sites (tertiary alicyclic amines) is 1. The lowest BCUT2D eigenvalue weighted by atomic mass is 9.87. The highest BCUT2D eigenvalue weighted by Crippen LogP contribution is 2.37. The molecular formula is C22H30N4O2. The molecule has 2 aliphatic rings. The van der Waals surface area contributed by atoms with E-state index in [1.54, 1.807) is 7.11 Å². The van der Waals surface area contributed by atoms with Gasteiger partial charge < -0.3 is 15.0 Å². The Morgan fingerprint density at radius 3 is 2.82 bits per heavy atom. The summed E-state index contributed by atoms with van der Waals surface area (Å²) in [5.74, 6) is 0.470. The van der Waals surface area contributed by atoms with Gasteiger partial charge in [0.05, 0.1) is 18.8 Å². The van der Waals surface area contributed by atoms with Crippen molar-refractivity contribution in [2.45, 2.75) is 37.8 Å². The second-order valence-corrected chi connectivity index (χ2v) is 8.05. The molecule has 1 saturated heterocycles. The minimum Gasteiger partial charge on any atom is -0.383 e. The Kier molecular flexibility index (Phi) is 5.78. The highest BCUT2D eigenvalue weighted by Gasteiger charge is 2.41. The molecule has 28 heavy (non-hydrogen) atoms. The number of aromatic nitrogens is 2. The summed E-state index contributed by atoms with van der Waals surface area (Å²) in [4.78, 5) is 14.7. The normalized spacial score (nSPS) is 24.6. The van der Waals surface area contributed by atoms with Crippen molar-refractivity contribution in [2.24, 2.45) is 13.0 Å². The zero-order valence-corrected chi connectivity index (χ0v) is 16.8. The number of hydrogen-bond acceptors (Lipinski definition) is 4. The molecule has 0 radical (unpaired) electrons. The Morgan fingerprint density at radius 2 is 2.07 bits per heavy atom. The molecule has 1 fully saturated rings. The van der Waals surface area contributed by atoms with Crippen molar-refractivity contribution < 1.29 is 9.53 Å². The second-order valence-electron chi connectivity index (χ2n) is 8.05. The van der Waals surface area contributed by atoms with Crippen LogP contribution in [-0.2, 0) is 29.4 Å². The quantitative estimate of drug-likeness (QED) is 0.797. The lowest BCUT2D eigenvalue weighted by Gasteiger charge is -2.30. The monoisotopic (exact) mass is 382 g/mol. The third-order valence-corrected chi connectivity index (χ3v) is 6.16. The maximum Gasteiger partial charge on any atom is 0.223 e. The summed E-state index contributed by atoms with van der Waals surface area (Å²) in [5, 5.41) is 8.11. The van der Waals surface area contributed by atoms with Crippen LogP contribution >= 0.6 is 0 Å². The first-order chi connectivity index (χ1) is 13.7. The van der Waals surface area contributed by atoms with Gasteiger partial charge in [0.25, 0.3) is 0 Å². The Hall–Kier alpha value is -2.18. The van der Waals surface area contributed by atoms with Gasteiger partial charge in [0.2, 0.25) is 5.91 Å². The summed E-state index contributed by atoms with van der Waals surface area (Å²) >= 11 is 0. The highest BCUT2D eigenvalue weighted by molar-refractivity contribution is 5.79. The first-order valence-corrected chi connectivity index (χ1v) is 10.2. The average molecular weight is 383 g/mol. The maximum absolute atomic E-state index is 12.7. The van der Waals surface area contributed by atoms with Crippen molar-refractivity contribution in [1.29, 1.82) is 0 Å². The van der Waals surface area contributed by atoms with Crippen LogP contribution in [0.3, 0.4) is 0 Å². The number of amides is 1. The van der Waals surface area contributed by atoms with Gasteiger partial charge in [-0.05, 0) is 30.4 Å². The van der Waals surface area contributed by atoms with Crippen LogP contribution in [0.25, 0.3) is 0 Å². The Balaban J connectivity index is 1.44. The number of carbonyl (C=O) groups excluding carboxylic acids is 1. The maximum atomic E-state index is 12.7. The molecule has 0 saturated carbocycles. The summed E-state index contributed by atoms with van der Waals surface area (Å²) in [7, 11) is 3.60. The zero-order valence-electron chi connectivity index (χ0n) is 16.8. The predicted molar refractivity (Wildman–Crippen MR) is 108 cm³/mol. The molecule has 150 valence electrons. The first kappa shape index (κ1) is 19.2. The van der Waals surface area contributed by atoms with Gasteiger partial charge in [-0.3, -0.25) is 9.48 Å². The molecule has 1 aromatic carbocycles. The minimum atomic E-state index is 0.0692. The number of carbonyl (C=O) groups is 1. The molecule has 2 heterocycles. The summed E-state index contributed by atoms with van der Waals surface area (Å²) in [6.45, 7) is 2.03. The summed E-state index contributed by atoms with van der Waals surface area (Å²) in [6.07, 6.45) is 7.87. The van der Waals surface area contributed by atoms with Crippen molar-refractivity contribution in [3.05, 3.63) is 53.3 Å². The Morgan fingerprint density at radius 1 is 1.25 bits per heavy atom. The zero-order chi connectivity index (χ0) is 19.5. The third-order valence-electron chi connectivity index (χ3n) is 6.16. The number of ether oxygens (including phenoxy) is 1. The molecule has 1 aliphatic heterocycles. The van der Waals surface area contributed by atoms with Crippen molar-refractivity contribution >= 4 is 5.91 Å². The van der Waals surface area contributed by atoms with Crippen LogP contribution in [0, 0.1) is 5.92 Å². The number of aryl methyl sites for hydroxylation is 2. The molecule has 1 aliphatic carbocycles. The predicted octanol–water partition coefficient (Wildman–Crippen LogP) is 2.10. The fourth-order valence-electron chi connectivity index (χ4n) is 4.74. The molecule has 0 bridgehead atoms. The van der Waals surface area contributed by atoms with Crippen LogP contribution in [-0.4, -0.2) is 53.4 Å². The van der Waals surface area contributed by atoms with Gasteiger partial charge in [-0.25, -0.2) is 0 Å². The lowest BCUT2D eigenvalue weighted by Crippen LogP contribution is -2.39. The minimum absolute atomic E-state index is 0.0692. The SMILES string of the molecule is COCCN1C(=O)C[C@@H](CNC2CCc3ccccc3C2)[C@@H]1c1cnn(C)c1. The van der Waals surface area contributed by atoms with E-state index in [0.29, 0.717) is 25.6 Å². The number of methoxy groups -OCH3 is 1. The first-order valence-electron chi connectivity index (χ1n) is 10.2. The molecule has 1 amide bonds. The van der Waals surface area contributed by atoms with E-state index in [9.17, 15) is 4.79 Å². The van der Waals surface area contributed by atoms with Gasteiger partial charge in [-0.15, -0.1) is 0 Å². The van der Waals surface area contributed by atoms with Crippen LogP contribution in [0.1, 0.15) is 35.6 Å². The molecular weight excluding hydrogens is 352 g/mol. The van der Waals surface area contributed by atoms with Crippen molar-refractivity contribution in [3.8, 4) is 0 Å². The van der Waals surface area contributed by atoms with E-state index >= 15 is 0 Å². The van der Waals surface area contributed by atoms with E-state index in [0.717, 1.165) is 31.4 Å². The molecule has 0 spiro atoms. The van der Waals surface area contributed by atoms with E-state index in [1.165, 1.54) is 11.1 Å². The number of fused-ring (bicyclic) bond motifs is 1. The molecule has 6 heteroatoms. The number of benzene rings is 1. The highest BCUT2D eigenvalue weighted by atomic mass is 16.5. The van der Waals surface area contributed by atoms with Crippen molar-refractivity contribution in [3.63, 3.8) is 0 Å².